The van der Waals surface area contributed by atoms with E-state index in [0.29, 0.717) is 29.2 Å². The lowest BCUT2D eigenvalue weighted by Gasteiger charge is -2.06. The summed E-state index contributed by atoms with van der Waals surface area (Å²) in [5.74, 6) is -0.578. The number of carboxylic acid groups (broad SMARTS) is 1. The fraction of sp³-hybridized carbons (Fsp3) is 0.0833. The first-order valence-corrected chi connectivity index (χ1v) is 10.3. The van der Waals surface area contributed by atoms with Gasteiger partial charge in [-0.25, -0.2) is 10.2 Å². The molecule has 0 spiro atoms. The smallest absolute Gasteiger partial charge is 0.341 e. The number of benzene rings is 3. The molecule has 0 saturated heterocycles. The third kappa shape index (κ3) is 5.88. The van der Waals surface area contributed by atoms with Crippen molar-refractivity contribution in [1.82, 2.24) is 25.6 Å². The predicted octanol–water partition coefficient (Wildman–Crippen LogP) is 2.62. The van der Waals surface area contributed by atoms with Crippen molar-refractivity contribution in [3.05, 3.63) is 95.6 Å². The largest absolute Gasteiger partial charge is 0.481 e. The number of hydrogen-bond acceptors (Lipinski definition) is 7. The third-order valence-electron chi connectivity index (χ3n) is 4.66. The summed E-state index contributed by atoms with van der Waals surface area (Å²) in [5, 5.41) is 25.2. The number of carbonyl (C=O) groups is 2. The van der Waals surface area contributed by atoms with Gasteiger partial charge >= 0.3 is 5.97 Å². The van der Waals surface area contributed by atoms with Gasteiger partial charge in [0.2, 0.25) is 5.82 Å². The maximum Gasteiger partial charge on any atom is 0.341 e. The Bertz CT molecular complexity index is 1300. The summed E-state index contributed by atoms with van der Waals surface area (Å²) < 4.78 is 5.21. The quantitative estimate of drug-likeness (QED) is 0.292. The number of para-hydroxylation sites is 1. The molecule has 1 aromatic heterocycles. The van der Waals surface area contributed by atoms with Crippen LogP contribution in [0.15, 0.2) is 84.0 Å². The van der Waals surface area contributed by atoms with E-state index in [2.05, 4.69) is 25.9 Å². The average molecular weight is 456 g/mol. The Morgan fingerprint density at radius 3 is 2.50 bits per heavy atom. The first-order valence-electron chi connectivity index (χ1n) is 10.3. The van der Waals surface area contributed by atoms with Crippen LogP contribution in [0.1, 0.15) is 21.5 Å². The molecule has 1 amide bonds. The molecule has 10 heteroatoms. The Morgan fingerprint density at radius 2 is 1.74 bits per heavy atom. The van der Waals surface area contributed by atoms with Crippen molar-refractivity contribution in [3.63, 3.8) is 0 Å². The van der Waals surface area contributed by atoms with Crippen molar-refractivity contribution in [3.8, 4) is 17.1 Å². The molecule has 4 aromatic rings. The van der Waals surface area contributed by atoms with Gasteiger partial charge in [-0.1, -0.05) is 54.6 Å². The lowest BCUT2D eigenvalue weighted by Crippen LogP contribution is -2.18. The second kappa shape index (κ2) is 10.6. The Balaban J connectivity index is 1.34. The number of aliphatic carboxylic acids is 1. The number of carbonyl (C=O) groups excluding carboxylic acids is 1. The first-order chi connectivity index (χ1) is 16.6. The lowest BCUT2D eigenvalue weighted by molar-refractivity contribution is -0.139. The molecule has 0 fully saturated rings. The van der Waals surface area contributed by atoms with Crippen LogP contribution in [-0.4, -0.2) is 50.0 Å². The van der Waals surface area contributed by atoms with Gasteiger partial charge in [0.25, 0.3) is 5.91 Å². The molecular weight excluding hydrogens is 436 g/mol. The maximum atomic E-state index is 12.4. The minimum atomic E-state index is -1.08. The molecule has 10 nitrogen and oxygen atoms in total. The minimum Gasteiger partial charge on any atom is -0.481 e. The molecule has 0 aliphatic carbocycles. The Labute approximate surface area is 194 Å². The molecule has 4 rings (SSSR count). The zero-order valence-electron chi connectivity index (χ0n) is 17.9. The van der Waals surface area contributed by atoms with Crippen molar-refractivity contribution < 1.29 is 19.4 Å². The highest BCUT2D eigenvalue weighted by atomic mass is 16.5. The molecule has 34 heavy (non-hydrogen) atoms. The topological polar surface area (TPSA) is 132 Å². The zero-order chi connectivity index (χ0) is 23.8. The fourth-order valence-corrected chi connectivity index (χ4v) is 3.02. The number of rotatable bonds is 9. The Kier molecular flexibility index (Phi) is 6.99. The van der Waals surface area contributed by atoms with Crippen LogP contribution >= 0.6 is 0 Å². The fourth-order valence-electron chi connectivity index (χ4n) is 3.02. The van der Waals surface area contributed by atoms with Crippen molar-refractivity contribution in [2.75, 3.05) is 6.61 Å². The molecule has 0 unspecified atom stereocenters. The lowest BCUT2D eigenvalue weighted by atomic mass is 10.1. The Hall–Kier alpha value is -4.86. The first kappa shape index (κ1) is 22.3. The van der Waals surface area contributed by atoms with Gasteiger partial charge < -0.3 is 9.84 Å². The highest BCUT2D eigenvalue weighted by Crippen LogP contribution is 2.16. The summed E-state index contributed by atoms with van der Waals surface area (Å²) in [6.07, 6.45) is 1.39. The van der Waals surface area contributed by atoms with E-state index in [-0.39, 0.29) is 0 Å². The second-order valence-corrected chi connectivity index (χ2v) is 7.13. The molecule has 0 aliphatic rings. The van der Waals surface area contributed by atoms with Crippen LogP contribution < -0.4 is 10.2 Å². The molecular formula is C24H20N6O4. The third-order valence-corrected chi connectivity index (χ3v) is 4.66. The van der Waals surface area contributed by atoms with E-state index in [1.54, 1.807) is 48.5 Å². The number of hydrazone groups is 1. The molecule has 0 aliphatic heterocycles. The number of carboxylic acids is 1. The highest BCUT2D eigenvalue weighted by molar-refractivity contribution is 5.95. The molecule has 2 N–H and O–H groups in total. The van der Waals surface area contributed by atoms with Crippen LogP contribution in [0.5, 0.6) is 5.75 Å². The number of ether oxygens (including phenoxy) is 1. The van der Waals surface area contributed by atoms with Crippen LogP contribution in [-0.2, 0) is 11.3 Å². The minimum absolute atomic E-state index is 0.351. The van der Waals surface area contributed by atoms with Crippen molar-refractivity contribution in [1.29, 1.82) is 0 Å². The van der Waals surface area contributed by atoms with Gasteiger partial charge in [-0.15, -0.1) is 10.2 Å². The molecule has 0 saturated carbocycles. The predicted molar refractivity (Wildman–Crippen MR) is 123 cm³/mol. The molecule has 0 atom stereocenters. The van der Waals surface area contributed by atoms with E-state index >= 15 is 0 Å². The van der Waals surface area contributed by atoms with Crippen LogP contribution in [0.3, 0.4) is 0 Å². The van der Waals surface area contributed by atoms with Gasteiger partial charge in [0.15, 0.2) is 6.61 Å². The summed E-state index contributed by atoms with van der Waals surface area (Å²) in [6, 6.07) is 23.3. The molecule has 0 bridgehead atoms. The van der Waals surface area contributed by atoms with E-state index in [1.165, 1.54) is 11.0 Å². The van der Waals surface area contributed by atoms with Gasteiger partial charge in [-0.05, 0) is 35.0 Å². The number of nitrogens with one attached hydrogen (secondary N) is 1. The van der Waals surface area contributed by atoms with Crippen molar-refractivity contribution in [2.24, 2.45) is 5.10 Å². The van der Waals surface area contributed by atoms with E-state index < -0.39 is 18.5 Å². The normalized spacial score (nSPS) is 10.8. The monoisotopic (exact) mass is 456 g/mol. The van der Waals surface area contributed by atoms with E-state index in [9.17, 15) is 9.59 Å². The van der Waals surface area contributed by atoms with E-state index in [4.69, 9.17) is 9.84 Å². The van der Waals surface area contributed by atoms with Crippen LogP contribution in [0.25, 0.3) is 11.4 Å². The zero-order valence-corrected chi connectivity index (χ0v) is 17.9. The molecule has 170 valence electrons. The van der Waals surface area contributed by atoms with E-state index in [1.807, 2.05) is 30.3 Å². The van der Waals surface area contributed by atoms with E-state index in [0.717, 1.165) is 11.1 Å². The SMILES string of the molecule is O=C(O)COc1ccccc1C=NNC(=O)c1ccc(Cn2nnc(-c3ccccc3)n2)cc1. The van der Waals surface area contributed by atoms with Gasteiger partial charge in [-0.3, -0.25) is 4.79 Å². The van der Waals surface area contributed by atoms with Crippen LogP contribution in [0.4, 0.5) is 0 Å². The Morgan fingerprint density at radius 1 is 1.00 bits per heavy atom. The van der Waals surface area contributed by atoms with Gasteiger partial charge in [0.1, 0.15) is 5.75 Å². The van der Waals surface area contributed by atoms with Gasteiger partial charge in [-0.2, -0.15) is 9.90 Å². The summed E-state index contributed by atoms with van der Waals surface area (Å²) in [7, 11) is 0. The number of tetrazole rings is 1. The van der Waals surface area contributed by atoms with Crippen LogP contribution in [0, 0.1) is 0 Å². The van der Waals surface area contributed by atoms with Gasteiger partial charge in [0, 0.05) is 16.7 Å². The van der Waals surface area contributed by atoms with Crippen LogP contribution in [0.2, 0.25) is 0 Å². The summed E-state index contributed by atoms with van der Waals surface area (Å²) >= 11 is 0. The maximum absolute atomic E-state index is 12.4. The number of nitrogens with zero attached hydrogens (tertiary/aromatic N) is 5. The average Bonchev–Trinajstić information content (AvgIpc) is 3.33. The summed E-state index contributed by atoms with van der Waals surface area (Å²) in [6.45, 7) is -0.0613. The summed E-state index contributed by atoms with van der Waals surface area (Å²) in [5.41, 5.74) is 5.20. The van der Waals surface area contributed by atoms with Crippen molar-refractivity contribution >= 4 is 18.1 Å². The standard InChI is InChI=1S/C24H20N6O4/c31-22(32)16-34-21-9-5-4-8-20(21)14-25-27-24(33)19-12-10-17(11-13-19)15-30-28-23(26-29-30)18-6-2-1-3-7-18/h1-14H,15-16H2,(H,27,33)(H,31,32). The molecule has 1 heterocycles. The number of aromatic nitrogens is 4. The van der Waals surface area contributed by atoms with Gasteiger partial charge in [0.05, 0.1) is 12.8 Å². The molecule has 3 aromatic carbocycles. The number of hydrogen-bond donors (Lipinski definition) is 2. The second-order valence-electron chi connectivity index (χ2n) is 7.13. The number of amides is 1. The van der Waals surface area contributed by atoms with Crippen molar-refractivity contribution in [2.45, 2.75) is 6.54 Å². The molecule has 0 radical (unpaired) electrons. The summed E-state index contributed by atoms with van der Waals surface area (Å²) in [4.78, 5) is 24.6. The highest BCUT2D eigenvalue weighted by Gasteiger charge is 2.08.